The minimum Gasteiger partial charge on any atom is -0.422 e. The van der Waals surface area contributed by atoms with Crippen LogP contribution in [0.1, 0.15) is 28.8 Å². The van der Waals surface area contributed by atoms with E-state index in [1.54, 1.807) is 36.4 Å². The molecular weight excluding hydrogens is 457 g/mol. The van der Waals surface area contributed by atoms with Crippen molar-refractivity contribution in [2.75, 3.05) is 23.3 Å². The van der Waals surface area contributed by atoms with Crippen molar-refractivity contribution >= 4 is 28.3 Å². The molecular formula is C27H21F3N2O3. The molecule has 35 heavy (non-hydrogen) atoms. The number of amides is 1. The van der Waals surface area contributed by atoms with Crippen molar-refractivity contribution in [3.63, 3.8) is 0 Å². The molecule has 0 unspecified atom stereocenters. The molecule has 0 radical (unpaired) electrons. The summed E-state index contributed by atoms with van der Waals surface area (Å²) < 4.78 is 45.5. The molecule has 1 aliphatic heterocycles. The van der Waals surface area contributed by atoms with Gasteiger partial charge in [0, 0.05) is 24.0 Å². The molecule has 1 N–H and O–H groups in total. The molecule has 1 fully saturated rings. The fourth-order valence-corrected chi connectivity index (χ4v) is 4.33. The Kier molecular flexibility index (Phi) is 5.80. The van der Waals surface area contributed by atoms with Gasteiger partial charge in [0.2, 0.25) is 0 Å². The predicted octanol–water partition coefficient (Wildman–Crippen LogP) is 6.33. The van der Waals surface area contributed by atoms with Gasteiger partial charge in [-0.2, -0.15) is 13.2 Å². The number of anilines is 2. The molecule has 0 aliphatic carbocycles. The van der Waals surface area contributed by atoms with E-state index < -0.39 is 23.3 Å². The van der Waals surface area contributed by atoms with E-state index in [2.05, 4.69) is 5.32 Å². The molecule has 0 spiro atoms. The monoisotopic (exact) mass is 478 g/mol. The number of halogens is 3. The van der Waals surface area contributed by atoms with E-state index in [0.717, 1.165) is 30.4 Å². The lowest BCUT2D eigenvalue weighted by molar-refractivity contribution is -0.137. The molecule has 0 atom stereocenters. The Morgan fingerprint density at radius 2 is 1.69 bits per heavy atom. The fourth-order valence-electron chi connectivity index (χ4n) is 4.33. The maximum Gasteiger partial charge on any atom is 0.416 e. The van der Waals surface area contributed by atoms with Gasteiger partial charge in [0.15, 0.2) is 0 Å². The number of para-hydroxylation sites is 1. The third kappa shape index (κ3) is 4.64. The zero-order valence-corrected chi connectivity index (χ0v) is 18.6. The Hall–Kier alpha value is -4.07. The van der Waals surface area contributed by atoms with E-state index >= 15 is 0 Å². The Labute approximate surface area is 198 Å². The molecule has 5 rings (SSSR count). The number of fused-ring (bicyclic) bond motifs is 1. The van der Waals surface area contributed by atoms with Gasteiger partial charge < -0.3 is 14.6 Å². The zero-order valence-electron chi connectivity index (χ0n) is 18.6. The van der Waals surface area contributed by atoms with Crippen molar-refractivity contribution < 1.29 is 22.4 Å². The van der Waals surface area contributed by atoms with Crippen LogP contribution in [0.15, 0.2) is 82.0 Å². The van der Waals surface area contributed by atoms with Gasteiger partial charge in [0.25, 0.3) is 5.91 Å². The number of hydrogen-bond acceptors (Lipinski definition) is 4. The van der Waals surface area contributed by atoms with Crippen molar-refractivity contribution in [2.24, 2.45) is 0 Å². The highest BCUT2D eigenvalue weighted by Gasteiger charge is 2.32. The summed E-state index contributed by atoms with van der Waals surface area (Å²) in [5.74, 6) is -0.572. The van der Waals surface area contributed by atoms with Crippen LogP contribution in [0.5, 0.6) is 0 Å². The van der Waals surface area contributed by atoms with Crippen molar-refractivity contribution in [1.29, 1.82) is 0 Å². The largest absolute Gasteiger partial charge is 0.422 e. The topological polar surface area (TPSA) is 62.6 Å². The predicted molar refractivity (Wildman–Crippen MR) is 129 cm³/mol. The SMILES string of the molecule is O=C(Nc1cc(C(F)(F)F)ccc1N1CCCC1)c1cccc(-c2cc3ccccc3oc2=O)c1. The summed E-state index contributed by atoms with van der Waals surface area (Å²) in [6, 6.07) is 18.5. The first-order chi connectivity index (χ1) is 16.8. The minimum absolute atomic E-state index is 0.0994. The van der Waals surface area contributed by atoms with Gasteiger partial charge in [0.05, 0.1) is 22.5 Å². The minimum atomic E-state index is -4.53. The quantitative estimate of drug-likeness (QED) is 0.348. The molecule has 0 bridgehead atoms. The second-order valence-corrected chi connectivity index (χ2v) is 8.44. The third-order valence-electron chi connectivity index (χ3n) is 6.10. The van der Waals surface area contributed by atoms with Crippen LogP contribution in [0.4, 0.5) is 24.5 Å². The lowest BCUT2D eigenvalue weighted by Gasteiger charge is -2.23. The van der Waals surface area contributed by atoms with Crippen molar-refractivity contribution in [3.8, 4) is 11.1 Å². The van der Waals surface area contributed by atoms with Gasteiger partial charge in [0.1, 0.15) is 5.58 Å². The normalized spacial score (nSPS) is 13.9. The number of benzene rings is 3. The fraction of sp³-hybridized carbons (Fsp3) is 0.185. The summed E-state index contributed by atoms with van der Waals surface area (Å²) in [4.78, 5) is 27.6. The second kappa shape index (κ2) is 8.94. The van der Waals surface area contributed by atoms with Crippen LogP contribution in [0.3, 0.4) is 0 Å². The Morgan fingerprint density at radius 1 is 0.914 bits per heavy atom. The molecule has 1 amide bonds. The van der Waals surface area contributed by atoms with Crippen LogP contribution in [-0.2, 0) is 6.18 Å². The van der Waals surface area contributed by atoms with Crippen molar-refractivity contribution in [1.82, 2.24) is 0 Å². The molecule has 4 aromatic rings. The maximum atomic E-state index is 13.4. The molecule has 178 valence electrons. The number of nitrogens with zero attached hydrogens (tertiary/aromatic N) is 1. The third-order valence-corrected chi connectivity index (χ3v) is 6.10. The van der Waals surface area contributed by atoms with E-state index in [4.69, 9.17) is 4.42 Å². The van der Waals surface area contributed by atoms with Crippen LogP contribution in [0, 0.1) is 0 Å². The Bertz CT molecular complexity index is 1470. The van der Waals surface area contributed by atoms with Crippen molar-refractivity contribution in [3.05, 3.63) is 94.3 Å². The average Bonchev–Trinajstić information content (AvgIpc) is 3.38. The van der Waals surface area contributed by atoms with Crippen molar-refractivity contribution in [2.45, 2.75) is 19.0 Å². The number of carbonyl (C=O) groups is 1. The first-order valence-corrected chi connectivity index (χ1v) is 11.2. The number of alkyl halides is 3. The second-order valence-electron chi connectivity index (χ2n) is 8.44. The van der Waals surface area contributed by atoms with Gasteiger partial charge in [-0.1, -0.05) is 30.3 Å². The Morgan fingerprint density at radius 3 is 2.46 bits per heavy atom. The van der Waals surface area contributed by atoms with Crippen LogP contribution >= 0.6 is 0 Å². The molecule has 5 nitrogen and oxygen atoms in total. The maximum absolute atomic E-state index is 13.4. The van der Waals surface area contributed by atoms with E-state index in [0.29, 0.717) is 29.9 Å². The zero-order chi connectivity index (χ0) is 24.6. The van der Waals surface area contributed by atoms with Gasteiger partial charge in [-0.3, -0.25) is 4.79 Å². The van der Waals surface area contributed by atoms with Crippen LogP contribution in [-0.4, -0.2) is 19.0 Å². The summed E-state index contributed by atoms with van der Waals surface area (Å²) in [7, 11) is 0. The number of carbonyl (C=O) groups excluding carboxylic acids is 1. The van der Waals surface area contributed by atoms with Gasteiger partial charge in [-0.15, -0.1) is 0 Å². The highest BCUT2D eigenvalue weighted by atomic mass is 19.4. The number of nitrogens with one attached hydrogen (secondary N) is 1. The lowest BCUT2D eigenvalue weighted by atomic mass is 10.0. The molecule has 2 heterocycles. The first kappa shape index (κ1) is 22.7. The summed E-state index contributed by atoms with van der Waals surface area (Å²) in [5, 5.41) is 3.39. The standard InChI is InChI=1S/C27H21F3N2O3/c28-27(29,30)20-10-11-23(32-12-3-4-13-32)22(16-20)31-25(33)19-8-5-7-17(14-19)21-15-18-6-1-2-9-24(18)35-26(21)34/h1-2,5-11,14-16H,3-4,12-13H2,(H,31,33). The van der Waals surface area contributed by atoms with Gasteiger partial charge in [-0.05, 0) is 60.9 Å². The molecule has 8 heteroatoms. The first-order valence-electron chi connectivity index (χ1n) is 11.2. The molecule has 1 aromatic heterocycles. The number of hydrogen-bond donors (Lipinski definition) is 1. The summed E-state index contributed by atoms with van der Waals surface area (Å²) in [6.45, 7) is 1.42. The van der Waals surface area contributed by atoms with Gasteiger partial charge >= 0.3 is 11.8 Å². The van der Waals surface area contributed by atoms with E-state index in [1.807, 2.05) is 17.0 Å². The highest BCUT2D eigenvalue weighted by molar-refractivity contribution is 6.06. The molecule has 1 saturated heterocycles. The Balaban J connectivity index is 1.49. The smallest absolute Gasteiger partial charge is 0.416 e. The van der Waals surface area contributed by atoms with E-state index in [1.165, 1.54) is 12.1 Å². The average molecular weight is 478 g/mol. The highest BCUT2D eigenvalue weighted by Crippen LogP contribution is 2.37. The number of rotatable bonds is 4. The summed E-state index contributed by atoms with van der Waals surface area (Å²) >= 11 is 0. The van der Waals surface area contributed by atoms with E-state index in [-0.39, 0.29) is 16.8 Å². The summed E-state index contributed by atoms with van der Waals surface area (Å²) in [6.07, 6.45) is -2.66. The molecule has 3 aromatic carbocycles. The molecule has 1 aliphatic rings. The van der Waals surface area contributed by atoms with Crippen LogP contribution in [0.2, 0.25) is 0 Å². The van der Waals surface area contributed by atoms with Crippen LogP contribution < -0.4 is 15.8 Å². The van der Waals surface area contributed by atoms with E-state index in [9.17, 15) is 22.8 Å². The molecule has 0 saturated carbocycles. The van der Waals surface area contributed by atoms with Gasteiger partial charge in [-0.25, -0.2) is 4.79 Å². The van der Waals surface area contributed by atoms with Crippen LogP contribution in [0.25, 0.3) is 22.1 Å². The summed E-state index contributed by atoms with van der Waals surface area (Å²) in [5.41, 5.74) is 0.691. The lowest BCUT2D eigenvalue weighted by Crippen LogP contribution is -2.22.